The fourth-order valence-electron chi connectivity index (χ4n) is 2.66. The van der Waals surface area contributed by atoms with Crippen molar-refractivity contribution in [2.45, 2.75) is 13.3 Å². The van der Waals surface area contributed by atoms with Gasteiger partial charge in [-0.2, -0.15) is 0 Å². The van der Waals surface area contributed by atoms with Crippen LogP contribution in [-0.4, -0.2) is 11.7 Å². The van der Waals surface area contributed by atoms with Gasteiger partial charge in [-0.05, 0) is 24.6 Å². The van der Waals surface area contributed by atoms with Crippen molar-refractivity contribution in [3.05, 3.63) is 70.7 Å². The molecule has 3 aromatic carbocycles. The van der Waals surface area contributed by atoms with Crippen molar-refractivity contribution in [3.63, 3.8) is 0 Å². The Kier molecular flexibility index (Phi) is 4.21. The van der Waals surface area contributed by atoms with Crippen molar-refractivity contribution in [1.82, 2.24) is 0 Å². The van der Waals surface area contributed by atoms with E-state index < -0.39 is 0 Å². The minimum Gasteiger partial charge on any atom is -0.507 e. The molecule has 0 aliphatic rings. The number of hydrogen-bond donors (Lipinski definition) is 1. The molecular formula is C19H17ClO2. The molecule has 0 saturated heterocycles. The zero-order chi connectivity index (χ0) is 15.5. The molecule has 0 aromatic heterocycles. The van der Waals surface area contributed by atoms with Crippen LogP contribution in [-0.2, 0) is 6.42 Å². The molecule has 2 nitrogen and oxygen atoms in total. The highest BCUT2D eigenvalue weighted by molar-refractivity contribution is 6.35. The molecular weight excluding hydrogens is 296 g/mol. The van der Waals surface area contributed by atoms with Crippen LogP contribution < -0.4 is 4.74 Å². The molecule has 3 aromatic rings. The van der Waals surface area contributed by atoms with Crippen molar-refractivity contribution in [3.8, 4) is 11.5 Å². The van der Waals surface area contributed by atoms with E-state index in [9.17, 15) is 5.11 Å². The second-order valence-corrected chi connectivity index (χ2v) is 5.54. The van der Waals surface area contributed by atoms with Crippen LogP contribution in [0.5, 0.6) is 11.5 Å². The summed E-state index contributed by atoms with van der Waals surface area (Å²) in [6.07, 6.45) is 0.576. The quantitative estimate of drug-likeness (QED) is 0.718. The molecule has 0 unspecified atom stereocenters. The number of ether oxygens (including phenoxy) is 1. The number of hydrogen-bond acceptors (Lipinski definition) is 2. The van der Waals surface area contributed by atoms with E-state index in [0.717, 1.165) is 27.6 Å². The molecule has 0 saturated carbocycles. The topological polar surface area (TPSA) is 29.5 Å². The number of aromatic hydroxyl groups is 1. The van der Waals surface area contributed by atoms with Crippen LogP contribution in [0.2, 0.25) is 5.02 Å². The second kappa shape index (κ2) is 6.29. The molecule has 3 heteroatoms. The van der Waals surface area contributed by atoms with Gasteiger partial charge in [0.2, 0.25) is 0 Å². The average molecular weight is 313 g/mol. The van der Waals surface area contributed by atoms with Gasteiger partial charge in [0.1, 0.15) is 11.5 Å². The summed E-state index contributed by atoms with van der Waals surface area (Å²) >= 11 is 6.36. The first kappa shape index (κ1) is 14.7. The Hall–Kier alpha value is -2.19. The maximum atomic E-state index is 10.6. The van der Waals surface area contributed by atoms with Gasteiger partial charge in [0.15, 0.2) is 0 Å². The Morgan fingerprint density at radius 2 is 1.64 bits per heavy atom. The zero-order valence-corrected chi connectivity index (χ0v) is 13.1. The second-order valence-electron chi connectivity index (χ2n) is 5.13. The standard InChI is InChI=1S/C19H17ClO2/c1-2-22-18-10-6-3-7-13(18)11-14-12-17(20)15-8-4-5-9-16(15)19(14)21/h3-10,12,21H,2,11H2,1H3. The molecule has 3 rings (SSSR count). The van der Waals surface area contributed by atoms with E-state index in [4.69, 9.17) is 16.3 Å². The fraction of sp³-hybridized carbons (Fsp3) is 0.158. The summed E-state index contributed by atoms with van der Waals surface area (Å²) in [5, 5.41) is 12.8. The third kappa shape index (κ3) is 2.75. The van der Waals surface area contributed by atoms with E-state index in [1.54, 1.807) is 0 Å². The summed E-state index contributed by atoms with van der Waals surface area (Å²) < 4.78 is 5.65. The van der Waals surface area contributed by atoms with Crippen molar-refractivity contribution in [2.75, 3.05) is 6.61 Å². The van der Waals surface area contributed by atoms with Gasteiger partial charge in [0.05, 0.1) is 6.61 Å². The number of halogens is 1. The fourth-order valence-corrected chi connectivity index (χ4v) is 2.95. The predicted octanol–water partition coefficient (Wildman–Crippen LogP) is 5.19. The number of phenolic OH excluding ortho intramolecular Hbond substituents is 1. The molecule has 0 radical (unpaired) electrons. The molecule has 0 aliphatic carbocycles. The number of phenols is 1. The van der Waals surface area contributed by atoms with E-state index in [1.807, 2.05) is 61.5 Å². The normalized spacial score (nSPS) is 10.8. The van der Waals surface area contributed by atoms with Gasteiger partial charge in [-0.3, -0.25) is 0 Å². The summed E-state index contributed by atoms with van der Waals surface area (Å²) in [5.74, 6) is 1.12. The molecule has 0 aliphatic heterocycles. The van der Waals surface area contributed by atoms with Crippen LogP contribution in [0, 0.1) is 0 Å². The van der Waals surface area contributed by atoms with E-state index >= 15 is 0 Å². The summed E-state index contributed by atoms with van der Waals surface area (Å²) in [4.78, 5) is 0. The van der Waals surface area contributed by atoms with Crippen LogP contribution in [0.4, 0.5) is 0 Å². The van der Waals surface area contributed by atoms with Crippen molar-refractivity contribution >= 4 is 22.4 Å². The number of fused-ring (bicyclic) bond motifs is 1. The molecule has 22 heavy (non-hydrogen) atoms. The highest BCUT2D eigenvalue weighted by Crippen LogP contribution is 2.36. The summed E-state index contributed by atoms with van der Waals surface area (Å²) in [7, 11) is 0. The van der Waals surface area contributed by atoms with Crippen LogP contribution >= 0.6 is 11.6 Å². The molecule has 0 bridgehead atoms. The summed E-state index contributed by atoms with van der Waals surface area (Å²) in [6.45, 7) is 2.57. The Balaban J connectivity index is 2.07. The maximum absolute atomic E-state index is 10.6. The molecule has 0 heterocycles. The molecule has 0 fully saturated rings. The summed E-state index contributed by atoms with van der Waals surface area (Å²) in [6, 6.07) is 17.3. The van der Waals surface area contributed by atoms with Gasteiger partial charge in [0, 0.05) is 27.8 Å². The smallest absolute Gasteiger partial charge is 0.127 e. The van der Waals surface area contributed by atoms with Gasteiger partial charge in [-0.15, -0.1) is 0 Å². The lowest BCUT2D eigenvalue weighted by atomic mass is 9.99. The first-order valence-electron chi connectivity index (χ1n) is 7.30. The Bertz CT molecular complexity index is 812. The van der Waals surface area contributed by atoms with Crippen LogP contribution in [0.3, 0.4) is 0 Å². The lowest BCUT2D eigenvalue weighted by Gasteiger charge is -2.13. The largest absolute Gasteiger partial charge is 0.507 e. The predicted molar refractivity (Wildman–Crippen MR) is 91.0 cm³/mol. The number of para-hydroxylation sites is 1. The summed E-state index contributed by atoms with van der Waals surface area (Å²) in [5.41, 5.74) is 1.84. The first-order valence-corrected chi connectivity index (χ1v) is 7.68. The van der Waals surface area contributed by atoms with Gasteiger partial charge < -0.3 is 9.84 Å². The monoisotopic (exact) mass is 312 g/mol. The maximum Gasteiger partial charge on any atom is 0.127 e. The van der Waals surface area contributed by atoms with Crippen molar-refractivity contribution in [1.29, 1.82) is 0 Å². The Labute approximate surface area is 134 Å². The molecule has 0 atom stereocenters. The van der Waals surface area contributed by atoms with Gasteiger partial charge in [-0.1, -0.05) is 54.1 Å². The average Bonchev–Trinajstić information content (AvgIpc) is 2.54. The van der Waals surface area contributed by atoms with Gasteiger partial charge >= 0.3 is 0 Å². The minimum absolute atomic E-state index is 0.284. The molecule has 0 spiro atoms. The third-order valence-corrected chi connectivity index (χ3v) is 4.01. The van der Waals surface area contributed by atoms with Crippen molar-refractivity contribution in [2.24, 2.45) is 0 Å². The highest BCUT2D eigenvalue weighted by atomic mass is 35.5. The van der Waals surface area contributed by atoms with Crippen LogP contribution in [0.1, 0.15) is 18.1 Å². The first-order chi connectivity index (χ1) is 10.7. The van der Waals surface area contributed by atoms with E-state index in [-0.39, 0.29) is 5.75 Å². The van der Waals surface area contributed by atoms with Crippen molar-refractivity contribution < 1.29 is 9.84 Å². The Morgan fingerprint density at radius 3 is 2.41 bits per heavy atom. The molecule has 112 valence electrons. The molecule has 0 amide bonds. The highest BCUT2D eigenvalue weighted by Gasteiger charge is 2.12. The van der Waals surface area contributed by atoms with Gasteiger partial charge in [0.25, 0.3) is 0 Å². The SMILES string of the molecule is CCOc1ccccc1Cc1cc(Cl)c2ccccc2c1O. The Morgan fingerprint density at radius 1 is 0.955 bits per heavy atom. The van der Waals surface area contributed by atoms with Crippen LogP contribution in [0.25, 0.3) is 10.8 Å². The molecule has 1 N–H and O–H groups in total. The van der Waals surface area contributed by atoms with E-state index in [1.165, 1.54) is 0 Å². The lowest BCUT2D eigenvalue weighted by Crippen LogP contribution is -1.98. The van der Waals surface area contributed by atoms with E-state index in [0.29, 0.717) is 18.1 Å². The third-order valence-electron chi connectivity index (χ3n) is 3.70. The van der Waals surface area contributed by atoms with Crippen LogP contribution in [0.15, 0.2) is 54.6 Å². The zero-order valence-electron chi connectivity index (χ0n) is 12.3. The number of benzene rings is 3. The number of rotatable bonds is 4. The van der Waals surface area contributed by atoms with E-state index in [2.05, 4.69) is 0 Å². The van der Waals surface area contributed by atoms with Gasteiger partial charge in [-0.25, -0.2) is 0 Å². The lowest BCUT2D eigenvalue weighted by molar-refractivity contribution is 0.337. The minimum atomic E-state index is 0.284.